The lowest BCUT2D eigenvalue weighted by atomic mass is 10.1. The average molecular weight is 444 g/mol. The predicted octanol–water partition coefficient (Wildman–Crippen LogP) is 2.72. The molecule has 2 aliphatic heterocycles. The molecule has 2 heterocycles. The lowest BCUT2D eigenvalue weighted by Crippen LogP contribution is -2.48. The van der Waals surface area contributed by atoms with E-state index in [1.165, 1.54) is 0 Å². The maximum atomic E-state index is 12.9. The van der Waals surface area contributed by atoms with Crippen LogP contribution in [0, 0.1) is 5.92 Å². The number of hydrogen-bond donors (Lipinski definition) is 2. The second kappa shape index (κ2) is 11.1. The number of ether oxygens (including phenoxy) is 1. The van der Waals surface area contributed by atoms with E-state index in [1.807, 2.05) is 43.0 Å². The molecule has 1 amide bonds. The van der Waals surface area contributed by atoms with Crippen LogP contribution in [0.2, 0.25) is 0 Å². The Hall–Kier alpha value is -2.12. The van der Waals surface area contributed by atoms with Gasteiger partial charge in [0.25, 0.3) is 5.91 Å². The average Bonchev–Trinajstić information content (AvgIpc) is 3.12. The van der Waals surface area contributed by atoms with Crippen LogP contribution >= 0.6 is 0 Å². The van der Waals surface area contributed by atoms with Gasteiger partial charge in [-0.3, -0.25) is 9.69 Å². The van der Waals surface area contributed by atoms with Gasteiger partial charge < -0.3 is 20.3 Å². The summed E-state index contributed by atoms with van der Waals surface area (Å²) in [4.78, 5) is 22.1. The predicted molar refractivity (Wildman–Crippen MR) is 130 cm³/mol. The van der Waals surface area contributed by atoms with Crippen LogP contribution in [0.4, 0.5) is 0 Å². The zero-order valence-corrected chi connectivity index (χ0v) is 20.6. The van der Waals surface area contributed by atoms with E-state index < -0.39 is 0 Å². The second-order valence-electron chi connectivity index (χ2n) is 9.64. The second-order valence-corrected chi connectivity index (χ2v) is 9.64. The third-order valence-corrected chi connectivity index (χ3v) is 6.36. The highest BCUT2D eigenvalue weighted by molar-refractivity contribution is 5.94. The minimum atomic E-state index is 0.0713. The highest BCUT2D eigenvalue weighted by Gasteiger charge is 2.31. The van der Waals surface area contributed by atoms with Gasteiger partial charge in [-0.15, -0.1) is 0 Å². The molecule has 2 N–H and O–H groups in total. The Morgan fingerprint density at radius 1 is 1.09 bits per heavy atom. The first-order valence-corrected chi connectivity index (χ1v) is 12.1. The van der Waals surface area contributed by atoms with Crippen LogP contribution in [0.15, 0.2) is 29.3 Å². The SMILES string of the molecule is CCNC(=NCc1ccc(C(=O)N2CC(C)OC(C)C2)cc1)NC1CN(C(C)C)CC1C. The van der Waals surface area contributed by atoms with Gasteiger partial charge in [0.05, 0.1) is 18.8 Å². The van der Waals surface area contributed by atoms with Crippen molar-refractivity contribution in [3.63, 3.8) is 0 Å². The molecule has 32 heavy (non-hydrogen) atoms. The molecule has 7 nitrogen and oxygen atoms in total. The van der Waals surface area contributed by atoms with E-state index >= 15 is 0 Å². The van der Waals surface area contributed by atoms with Crippen LogP contribution in [-0.4, -0.2) is 78.7 Å². The number of carbonyl (C=O) groups excluding carboxylic acids is 1. The smallest absolute Gasteiger partial charge is 0.254 e. The summed E-state index contributed by atoms with van der Waals surface area (Å²) in [7, 11) is 0. The Balaban J connectivity index is 1.59. The van der Waals surface area contributed by atoms with Crippen LogP contribution < -0.4 is 10.6 Å². The van der Waals surface area contributed by atoms with E-state index in [0.29, 0.717) is 37.6 Å². The number of guanidine groups is 1. The van der Waals surface area contributed by atoms with Gasteiger partial charge in [-0.1, -0.05) is 19.1 Å². The molecule has 0 bridgehead atoms. The zero-order valence-electron chi connectivity index (χ0n) is 20.6. The summed E-state index contributed by atoms with van der Waals surface area (Å²) < 4.78 is 5.74. The van der Waals surface area contributed by atoms with Crippen molar-refractivity contribution in [1.82, 2.24) is 20.4 Å². The number of morpholine rings is 1. The van der Waals surface area contributed by atoms with Crippen LogP contribution in [0.1, 0.15) is 57.5 Å². The molecule has 2 saturated heterocycles. The topological polar surface area (TPSA) is 69.2 Å². The molecule has 0 spiro atoms. The number of hydrogen-bond acceptors (Lipinski definition) is 4. The fourth-order valence-corrected chi connectivity index (χ4v) is 4.56. The van der Waals surface area contributed by atoms with Crippen molar-refractivity contribution in [2.45, 2.75) is 72.4 Å². The van der Waals surface area contributed by atoms with Gasteiger partial charge in [-0.25, -0.2) is 4.99 Å². The minimum absolute atomic E-state index is 0.0713. The minimum Gasteiger partial charge on any atom is -0.372 e. The Labute approximate surface area is 193 Å². The molecule has 3 rings (SSSR count). The van der Waals surface area contributed by atoms with Crippen molar-refractivity contribution >= 4 is 11.9 Å². The molecule has 1 aromatic carbocycles. The van der Waals surface area contributed by atoms with Crippen molar-refractivity contribution in [3.05, 3.63) is 35.4 Å². The lowest BCUT2D eigenvalue weighted by Gasteiger charge is -2.35. The summed E-state index contributed by atoms with van der Waals surface area (Å²) in [6.07, 6.45) is 0.145. The summed E-state index contributed by atoms with van der Waals surface area (Å²) in [5.74, 6) is 1.51. The lowest BCUT2D eigenvalue weighted by molar-refractivity contribution is -0.0586. The number of rotatable bonds is 6. The molecule has 2 aliphatic rings. The number of nitrogens with one attached hydrogen (secondary N) is 2. The van der Waals surface area contributed by atoms with Gasteiger partial charge in [0.15, 0.2) is 5.96 Å². The maximum Gasteiger partial charge on any atom is 0.254 e. The van der Waals surface area contributed by atoms with Gasteiger partial charge >= 0.3 is 0 Å². The van der Waals surface area contributed by atoms with Crippen molar-refractivity contribution in [2.24, 2.45) is 10.9 Å². The molecule has 4 unspecified atom stereocenters. The van der Waals surface area contributed by atoms with Crippen LogP contribution in [0.5, 0.6) is 0 Å². The van der Waals surface area contributed by atoms with E-state index in [2.05, 4.69) is 43.2 Å². The van der Waals surface area contributed by atoms with E-state index in [4.69, 9.17) is 9.73 Å². The number of nitrogens with zero attached hydrogens (tertiary/aromatic N) is 3. The van der Waals surface area contributed by atoms with E-state index in [1.54, 1.807) is 0 Å². The maximum absolute atomic E-state index is 12.9. The van der Waals surface area contributed by atoms with E-state index in [0.717, 1.165) is 36.7 Å². The number of carbonyl (C=O) groups is 1. The Kier molecular flexibility index (Phi) is 8.54. The highest BCUT2D eigenvalue weighted by atomic mass is 16.5. The molecular weight excluding hydrogens is 402 g/mol. The van der Waals surface area contributed by atoms with Crippen molar-refractivity contribution in [3.8, 4) is 0 Å². The molecule has 1 aromatic rings. The van der Waals surface area contributed by atoms with Crippen molar-refractivity contribution in [2.75, 3.05) is 32.7 Å². The molecule has 0 aliphatic carbocycles. The number of benzene rings is 1. The molecular formula is C25H41N5O2. The summed E-state index contributed by atoms with van der Waals surface area (Å²) in [5.41, 5.74) is 1.81. The molecule has 2 fully saturated rings. The summed E-state index contributed by atoms with van der Waals surface area (Å²) >= 11 is 0. The standard InChI is InChI=1S/C25H41N5O2/c1-7-26-25(28-23-16-29(17(2)3)13-18(23)4)27-12-21-8-10-22(11-9-21)24(31)30-14-19(5)32-20(6)15-30/h8-11,17-20,23H,7,12-16H2,1-6H3,(H2,26,27,28). The zero-order chi connectivity index (χ0) is 23.3. The molecule has 4 atom stereocenters. The van der Waals surface area contributed by atoms with Gasteiger partial charge in [0.1, 0.15) is 0 Å². The fourth-order valence-electron chi connectivity index (χ4n) is 4.56. The van der Waals surface area contributed by atoms with Gasteiger partial charge in [0.2, 0.25) is 0 Å². The van der Waals surface area contributed by atoms with E-state index in [9.17, 15) is 4.79 Å². The van der Waals surface area contributed by atoms with Gasteiger partial charge in [-0.2, -0.15) is 0 Å². The first-order chi connectivity index (χ1) is 15.3. The molecule has 0 saturated carbocycles. The van der Waals surface area contributed by atoms with Crippen molar-refractivity contribution < 1.29 is 9.53 Å². The van der Waals surface area contributed by atoms with Crippen LogP contribution in [-0.2, 0) is 11.3 Å². The monoisotopic (exact) mass is 443 g/mol. The Bertz CT molecular complexity index is 769. The molecule has 7 heteroatoms. The Morgan fingerprint density at radius 3 is 2.31 bits per heavy atom. The van der Waals surface area contributed by atoms with Gasteiger partial charge in [-0.05, 0) is 58.2 Å². The normalized spacial score (nSPS) is 27.1. The summed E-state index contributed by atoms with van der Waals surface area (Å²) in [6.45, 7) is 17.8. The van der Waals surface area contributed by atoms with Crippen LogP contribution in [0.3, 0.4) is 0 Å². The van der Waals surface area contributed by atoms with Crippen molar-refractivity contribution in [1.29, 1.82) is 0 Å². The highest BCUT2D eigenvalue weighted by Crippen LogP contribution is 2.19. The molecule has 0 aromatic heterocycles. The molecule has 178 valence electrons. The third kappa shape index (κ3) is 6.45. The summed E-state index contributed by atoms with van der Waals surface area (Å²) in [5, 5.41) is 7.00. The fraction of sp³-hybridized carbons (Fsp3) is 0.680. The summed E-state index contributed by atoms with van der Waals surface area (Å²) in [6, 6.07) is 8.80. The first-order valence-electron chi connectivity index (χ1n) is 12.1. The van der Waals surface area contributed by atoms with E-state index in [-0.39, 0.29) is 18.1 Å². The number of amides is 1. The van der Waals surface area contributed by atoms with Crippen LogP contribution in [0.25, 0.3) is 0 Å². The Morgan fingerprint density at radius 2 is 1.75 bits per heavy atom. The first kappa shape index (κ1) is 24.5. The third-order valence-electron chi connectivity index (χ3n) is 6.36. The van der Waals surface area contributed by atoms with Gasteiger partial charge in [0, 0.05) is 50.4 Å². The number of likely N-dealkylation sites (tertiary alicyclic amines) is 1. The molecule has 0 radical (unpaired) electrons. The number of aliphatic imine (C=N–C) groups is 1. The quantitative estimate of drug-likeness (QED) is 0.523. The largest absolute Gasteiger partial charge is 0.372 e.